The van der Waals surface area contributed by atoms with Crippen LogP contribution in [0.15, 0.2) is 21.1 Å². The Hall–Kier alpha value is -1.47. The van der Waals surface area contributed by atoms with E-state index in [0.29, 0.717) is 34.1 Å². The molecule has 21 heavy (non-hydrogen) atoms. The standard InChI is InChI=1S/C13H11BrClFN4O/c1-6(15)13-18-10-4-9(16)8(14)3-11(10)20(13)5-12-17-7(2)21-19-12/h3-4,6H,5H2,1-2H3. The normalized spacial score (nSPS) is 13.0. The van der Waals surface area contributed by atoms with Crippen molar-refractivity contribution < 1.29 is 8.91 Å². The van der Waals surface area contributed by atoms with Crippen molar-refractivity contribution in [3.05, 3.63) is 40.0 Å². The molecule has 0 saturated heterocycles. The molecule has 0 spiro atoms. The van der Waals surface area contributed by atoms with Gasteiger partial charge in [0.2, 0.25) is 5.89 Å². The maximum absolute atomic E-state index is 13.7. The number of rotatable bonds is 3. The van der Waals surface area contributed by atoms with Crippen molar-refractivity contribution in [2.45, 2.75) is 25.8 Å². The van der Waals surface area contributed by atoms with E-state index >= 15 is 0 Å². The number of fused-ring (bicyclic) bond motifs is 1. The highest BCUT2D eigenvalue weighted by Gasteiger charge is 2.18. The largest absolute Gasteiger partial charge is 0.340 e. The van der Waals surface area contributed by atoms with Gasteiger partial charge in [-0.25, -0.2) is 9.37 Å². The van der Waals surface area contributed by atoms with Crippen LogP contribution in [0.4, 0.5) is 4.39 Å². The van der Waals surface area contributed by atoms with Crippen LogP contribution in [0.2, 0.25) is 0 Å². The average Bonchev–Trinajstić information content (AvgIpc) is 2.96. The van der Waals surface area contributed by atoms with Crippen LogP contribution in [0.5, 0.6) is 0 Å². The van der Waals surface area contributed by atoms with Gasteiger partial charge in [0.25, 0.3) is 0 Å². The summed E-state index contributed by atoms with van der Waals surface area (Å²) in [5.41, 5.74) is 1.30. The van der Waals surface area contributed by atoms with Crippen molar-refractivity contribution >= 4 is 38.6 Å². The lowest BCUT2D eigenvalue weighted by Crippen LogP contribution is -2.07. The van der Waals surface area contributed by atoms with Crippen molar-refractivity contribution in [1.82, 2.24) is 19.7 Å². The molecule has 1 unspecified atom stereocenters. The Morgan fingerprint density at radius 1 is 1.43 bits per heavy atom. The van der Waals surface area contributed by atoms with E-state index in [4.69, 9.17) is 16.1 Å². The highest BCUT2D eigenvalue weighted by molar-refractivity contribution is 9.10. The van der Waals surface area contributed by atoms with Crippen LogP contribution >= 0.6 is 27.5 Å². The summed E-state index contributed by atoms with van der Waals surface area (Å²) in [6.07, 6.45) is 0. The monoisotopic (exact) mass is 372 g/mol. The van der Waals surface area contributed by atoms with Gasteiger partial charge in [0.15, 0.2) is 5.82 Å². The zero-order chi connectivity index (χ0) is 15.1. The van der Waals surface area contributed by atoms with Crippen molar-refractivity contribution in [2.24, 2.45) is 0 Å². The first kappa shape index (κ1) is 14.5. The van der Waals surface area contributed by atoms with Gasteiger partial charge in [0, 0.05) is 13.0 Å². The molecule has 0 saturated carbocycles. The molecule has 0 N–H and O–H groups in total. The van der Waals surface area contributed by atoms with E-state index in [1.807, 2.05) is 11.5 Å². The van der Waals surface area contributed by atoms with Gasteiger partial charge in [-0.05, 0) is 28.9 Å². The van der Waals surface area contributed by atoms with Crippen LogP contribution in [-0.2, 0) is 6.54 Å². The first-order valence-corrected chi connectivity index (χ1v) is 7.47. The van der Waals surface area contributed by atoms with Gasteiger partial charge < -0.3 is 9.09 Å². The average molecular weight is 374 g/mol. The Morgan fingerprint density at radius 3 is 2.81 bits per heavy atom. The fraction of sp³-hybridized carbons (Fsp3) is 0.308. The van der Waals surface area contributed by atoms with E-state index in [1.165, 1.54) is 6.07 Å². The van der Waals surface area contributed by atoms with Gasteiger partial charge in [-0.3, -0.25) is 0 Å². The number of alkyl halides is 1. The molecule has 0 radical (unpaired) electrons. The number of halogens is 3. The lowest BCUT2D eigenvalue weighted by atomic mass is 10.3. The van der Waals surface area contributed by atoms with Crippen molar-refractivity contribution in [2.75, 3.05) is 0 Å². The molecule has 3 aromatic rings. The second kappa shape index (κ2) is 5.38. The second-order valence-electron chi connectivity index (χ2n) is 4.66. The predicted molar refractivity (Wildman–Crippen MR) is 79.8 cm³/mol. The molecule has 0 amide bonds. The summed E-state index contributed by atoms with van der Waals surface area (Å²) in [7, 11) is 0. The molecule has 1 aromatic carbocycles. The molecule has 0 bridgehead atoms. The summed E-state index contributed by atoms with van der Waals surface area (Å²) < 4.78 is 20.9. The van der Waals surface area contributed by atoms with Gasteiger partial charge >= 0.3 is 0 Å². The number of aryl methyl sites for hydroxylation is 1. The number of hydrogen-bond acceptors (Lipinski definition) is 4. The number of imidazole rings is 1. The van der Waals surface area contributed by atoms with E-state index in [1.54, 1.807) is 13.0 Å². The molecule has 0 aliphatic heterocycles. The number of nitrogens with zero attached hydrogens (tertiary/aromatic N) is 4. The van der Waals surface area contributed by atoms with Gasteiger partial charge in [-0.15, -0.1) is 11.6 Å². The summed E-state index contributed by atoms with van der Waals surface area (Å²) in [5, 5.41) is 3.55. The molecule has 0 fully saturated rings. The summed E-state index contributed by atoms with van der Waals surface area (Å²) in [4.78, 5) is 8.58. The maximum atomic E-state index is 13.7. The minimum Gasteiger partial charge on any atom is -0.340 e. The molecule has 2 heterocycles. The Morgan fingerprint density at radius 2 is 2.19 bits per heavy atom. The van der Waals surface area contributed by atoms with Crippen molar-refractivity contribution in [3.8, 4) is 0 Å². The van der Waals surface area contributed by atoms with Gasteiger partial charge in [-0.2, -0.15) is 4.98 Å². The summed E-state index contributed by atoms with van der Waals surface area (Å²) in [6, 6.07) is 3.05. The number of aromatic nitrogens is 4. The molecular weight excluding hydrogens is 363 g/mol. The predicted octanol–water partition coefficient (Wildman–Crippen LogP) is 3.98. The third-order valence-corrected chi connectivity index (χ3v) is 3.85. The van der Waals surface area contributed by atoms with E-state index in [0.717, 1.165) is 5.52 Å². The SMILES string of the molecule is Cc1nc(Cn2c(C(C)Cl)nc3cc(F)c(Br)cc32)no1. The fourth-order valence-electron chi connectivity index (χ4n) is 2.16. The van der Waals surface area contributed by atoms with E-state index < -0.39 is 0 Å². The molecule has 8 heteroatoms. The van der Waals surface area contributed by atoms with Crippen LogP contribution in [0.3, 0.4) is 0 Å². The third-order valence-electron chi connectivity index (χ3n) is 3.04. The topological polar surface area (TPSA) is 56.7 Å². The minimum absolute atomic E-state index is 0.327. The maximum Gasteiger partial charge on any atom is 0.223 e. The van der Waals surface area contributed by atoms with Gasteiger partial charge in [0.05, 0.1) is 27.4 Å². The first-order valence-electron chi connectivity index (χ1n) is 6.24. The van der Waals surface area contributed by atoms with E-state index in [2.05, 4.69) is 31.1 Å². The molecule has 0 aliphatic carbocycles. The quantitative estimate of drug-likeness (QED) is 0.652. The first-order chi connectivity index (χ1) is 9.95. The fourth-order valence-corrected chi connectivity index (χ4v) is 2.65. The molecule has 0 aliphatic rings. The molecule has 1 atom stereocenters. The van der Waals surface area contributed by atoms with Crippen LogP contribution in [0.25, 0.3) is 11.0 Å². The third kappa shape index (κ3) is 2.67. The molecule has 3 rings (SSSR count). The Labute approximate surface area is 133 Å². The van der Waals surface area contributed by atoms with Crippen LogP contribution in [-0.4, -0.2) is 19.7 Å². The van der Waals surface area contributed by atoms with Crippen molar-refractivity contribution in [1.29, 1.82) is 0 Å². The Bertz CT molecular complexity index is 814. The van der Waals surface area contributed by atoms with E-state index in [9.17, 15) is 4.39 Å². The lowest BCUT2D eigenvalue weighted by molar-refractivity contribution is 0.386. The lowest BCUT2D eigenvalue weighted by Gasteiger charge is -2.08. The summed E-state index contributed by atoms with van der Waals surface area (Å²) in [5.74, 6) is 1.27. The number of hydrogen-bond donors (Lipinski definition) is 0. The zero-order valence-corrected chi connectivity index (χ0v) is 13.6. The minimum atomic E-state index is -0.365. The molecule has 110 valence electrons. The van der Waals surface area contributed by atoms with Gasteiger partial charge in [-0.1, -0.05) is 5.16 Å². The van der Waals surface area contributed by atoms with E-state index in [-0.39, 0.29) is 11.2 Å². The Balaban J connectivity index is 2.17. The van der Waals surface area contributed by atoms with Gasteiger partial charge in [0.1, 0.15) is 11.6 Å². The Kier molecular flexibility index (Phi) is 3.71. The zero-order valence-electron chi connectivity index (χ0n) is 11.3. The summed E-state index contributed by atoms with van der Waals surface area (Å²) in [6.45, 7) is 3.89. The molecule has 5 nitrogen and oxygen atoms in total. The summed E-state index contributed by atoms with van der Waals surface area (Å²) >= 11 is 9.37. The highest BCUT2D eigenvalue weighted by Crippen LogP contribution is 2.28. The molecular formula is C13H11BrClFN4O. The van der Waals surface area contributed by atoms with Crippen LogP contribution in [0.1, 0.15) is 29.8 Å². The van der Waals surface area contributed by atoms with Crippen LogP contribution < -0.4 is 0 Å². The molecule has 2 aromatic heterocycles. The van der Waals surface area contributed by atoms with Crippen molar-refractivity contribution in [3.63, 3.8) is 0 Å². The van der Waals surface area contributed by atoms with Crippen LogP contribution in [0, 0.1) is 12.7 Å². The second-order valence-corrected chi connectivity index (χ2v) is 6.17. The smallest absolute Gasteiger partial charge is 0.223 e. The number of benzene rings is 1. The highest BCUT2D eigenvalue weighted by atomic mass is 79.9.